The van der Waals surface area contributed by atoms with Crippen molar-refractivity contribution in [3.63, 3.8) is 0 Å². The van der Waals surface area contributed by atoms with Gasteiger partial charge in [0.2, 0.25) is 0 Å². The third-order valence-electron chi connectivity index (χ3n) is 2.74. The maximum Gasteiger partial charge on any atom is 0.112 e. The van der Waals surface area contributed by atoms with Gasteiger partial charge in [0.25, 0.3) is 0 Å². The highest BCUT2D eigenvalue weighted by Gasteiger charge is 2.05. The number of anilines is 2. The van der Waals surface area contributed by atoms with E-state index in [1.807, 2.05) is 30.3 Å². The molecule has 0 aliphatic rings. The van der Waals surface area contributed by atoms with E-state index < -0.39 is 0 Å². The number of pyridine rings is 2. The highest BCUT2D eigenvalue weighted by molar-refractivity contribution is 9.10. The molecule has 3 aromatic rings. The van der Waals surface area contributed by atoms with Gasteiger partial charge in [-0.25, -0.2) is 0 Å². The van der Waals surface area contributed by atoms with Crippen molar-refractivity contribution in [2.24, 2.45) is 0 Å². The number of rotatable bonds is 2. The second kappa shape index (κ2) is 5.68. The molecule has 3 nitrogen and oxygen atoms in total. The van der Waals surface area contributed by atoms with Crippen LogP contribution in [0.25, 0.3) is 11.0 Å². The molecule has 3 rings (SSSR count). The Bertz CT molecular complexity index is 792. The zero-order valence-corrected chi connectivity index (χ0v) is 14.0. The minimum atomic E-state index is 0.657. The van der Waals surface area contributed by atoms with E-state index >= 15 is 0 Å². The molecule has 20 heavy (non-hydrogen) atoms. The Morgan fingerprint density at radius 2 is 1.90 bits per heavy atom. The summed E-state index contributed by atoms with van der Waals surface area (Å²) in [6, 6.07) is 9.52. The molecular formula is C14H8Br2ClN3. The van der Waals surface area contributed by atoms with Gasteiger partial charge in [-0.1, -0.05) is 11.6 Å². The fourth-order valence-electron chi connectivity index (χ4n) is 1.84. The van der Waals surface area contributed by atoms with Crippen molar-refractivity contribution in [3.8, 4) is 0 Å². The van der Waals surface area contributed by atoms with Gasteiger partial charge >= 0.3 is 0 Å². The van der Waals surface area contributed by atoms with Crippen LogP contribution in [0.15, 0.2) is 51.7 Å². The van der Waals surface area contributed by atoms with E-state index in [1.165, 1.54) is 0 Å². The maximum absolute atomic E-state index is 6.10. The van der Waals surface area contributed by atoms with Crippen LogP contribution in [0, 0.1) is 0 Å². The second-order valence-corrected chi connectivity index (χ2v) is 6.31. The van der Waals surface area contributed by atoms with Crippen LogP contribution < -0.4 is 5.32 Å². The maximum atomic E-state index is 6.10. The van der Waals surface area contributed by atoms with Crippen LogP contribution in [0.1, 0.15) is 0 Å². The molecule has 0 saturated heterocycles. The average Bonchev–Trinajstić information content (AvgIpc) is 2.43. The smallest absolute Gasteiger partial charge is 0.112 e. The van der Waals surface area contributed by atoms with E-state index in [4.69, 9.17) is 11.6 Å². The Morgan fingerprint density at radius 1 is 1.05 bits per heavy atom. The molecule has 0 aliphatic heterocycles. The summed E-state index contributed by atoms with van der Waals surface area (Å²) < 4.78 is 1.77. The van der Waals surface area contributed by atoms with Gasteiger partial charge in [0.05, 0.1) is 16.2 Å². The zero-order chi connectivity index (χ0) is 14.1. The second-order valence-electron chi connectivity index (χ2n) is 4.13. The first-order valence-corrected chi connectivity index (χ1v) is 7.72. The molecule has 2 heterocycles. The molecule has 0 unspecified atom stereocenters. The summed E-state index contributed by atoms with van der Waals surface area (Å²) in [5.74, 6) is 0. The molecule has 1 aromatic carbocycles. The molecule has 0 fully saturated rings. The molecule has 0 atom stereocenters. The van der Waals surface area contributed by atoms with E-state index in [2.05, 4.69) is 47.1 Å². The number of nitrogens with zero attached hydrogens (tertiary/aromatic N) is 2. The average molecular weight is 414 g/mol. The van der Waals surface area contributed by atoms with E-state index in [9.17, 15) is 0 Å². The summed E-state index contributed by atoms with van der Waals surface area (Å²) >= 11 is 12.9. The number of aromatic nitrogens is 2. The normalized spacial score (nSPS) is 10.8. The molecule has 0 spiro atoms. The highest BCUT2D eigenvalue weighted by Crippen LogP contribution is 2.29. The summed E-state index contributed by atoms with van der Waals surface area (Å²) in [5.41, 5.74) is 3.43. The lowest BCUT2D eigenvalue weighted by molar-refractivity contribution is 1.32. The number of fused-ring (bicyclic) bond motifs is 1. The third kappa shape index (κ3) is 2.80. The van der Waals surface area contributed by atoms with Crippen LogP contribution in [0.3, 0.4) is 0 Å². The van der Waals surface area contributed by atoms with Crippen molar-refractivity contribution < 1.29 is 0 Å². The van der Waals surface area contributed by atoms with Gasteiger partial charge in [-0.2, -0.15) is 0 Å². The topological polar surface area (TPSA) is 37.8 Å². The molecule has 100 valence electrons. The molecule has 6 heteroatoms. The first kappa shape index (κ1) is 13.8. The van der Waals surface area contributed by atoms with E-state index in [0.29, 0.717) is 5.02 Å². The Hall–Kier alpha value is -1.17. The Kier molecular flexibility index (Phi) is 3.92. The Balaban J connectivity index is 2.04. The van der Waals surface area contributed by atoms with E-state index in [1.54, 1.807) is 12.4 Å². The van der Waals surface area contributed by atoms with Gasteiger partial charge in [0.15, 0.2) is 0 Å². The summed E-state index contributed by atoms with van der Waals surface area (Å²) in [6.07, 6.45) is 3.50. The predicted molar refractivity (Wildman–Crippen MR) is 89.7 cm³/mol. The number of halogens is 3. The van der Waals surface area contributed by atoms with E-state index in [0.717, 1.165) is 31.4 Å². The molecule has 0 amide bonds. The summed E-state index contributed by atoms with van der Waals surface area (Å²) in [7, 11) is 0. The zero-order valence-electron chi connectivity index (χ0n) is 10.1. The predicted octanol–water partition coefficient (Wildman–Crippen LogP) is 5.55. The highest BCUT2D eigenvalue weighted by atomic mass is 79.9. The molecule has 0 saturated carbocycles. The fraction of sp³-hybridized carbons (Fsp3) is 0. The first-order valence-electron chi connectivity index (χ1n) is 5.76. The van der Waals surface area contributed by atoms with Gasteiger partial charge < -0.3 is 5.32 Å². The van der Waals surface area contributed by atoms with Crippen LogP contribution in [0.5, 0.6) is 0 Å². The van der Waals surface area contributed by atoms with Gasteiger partial charge in [-0.15, -0.1) is 0 Å². The standard InChI is InChI=1S/C14H8Br2ClN3/c15-8-5-13-14(19-7-8)12(3-4-18-13)20-9-1-2-10(16)11(17)6-9/h1-7H,(H,18,20). The fourth-order valence-corrected chi connectivity index (χ4v) is 2.58. The summed E-state index contributed by atoms with van der Waals surface area (Å²) in [5, 5.41) is 3.97. The van der Waals surface area contributed by atoms with Crippen LogP contribution in [0.4, 0.5) is 11.4 Å². The lowest BCUT2D eigenvalue weighted by atomic mass is 10.2. The monoisotopic (exact) mass is 411 g/mol. The van der Waals surface area contributed by atoms with Gasteiger partial charge in [0, 0.05) is 27.0 Å². The van der Waals surface area contributed by atoms with Crippen molar-refractivity contribution in [2.45, 2.75) is 0 Å². The third-order valence-corrected chi connectivity index (χ3v) is 4.41. The summed E-state index contributed by atoms with van der Waals surface area (Å²) in [6.45, 7) is 0. The molecular weight excluding hydrogens is 405 g/mol. The minimum Gasteiger partial charge on any atom is -0.354 e. The molecule has 0 aliphatic carbocycles. The van der Waals surface area contributed by atoms with Gasteiger partial charge in [-0.05, 0) is 62.2 Å². The van der Waals surface area contributed by atoms with Crippen molar-refractivity contribution in [3.05, 3.63) is 56.7 Å². The van der Waals surface area contributed by atoms with Crippen LogP contribution in [-0.2, 0) is 0 Å². The molecule has 0 radical (unpaired) electrons. The van der Waals surface area contributed by atoms with Crippen molar-refractivity contribution >= 4 is 65.9 Å². The van der Waals surface area contributed by atoms with Crippen LogP contribution >= 0.6 is 43.5 Å². The lowest BCUT2D eigenvalue weighted by Gasteiger charge is -2.09. The molecule has 1 N–H and O–H groups in total. The quantitative estimate of drug-likeness (QED) is 0.598. The Labute approximate surface area is 137 Å². The number of nitrogens with one attached hydrogen (secondary N) is 1. The van der Waals surface area contributed by atoms with Gasteiger partial charge in [0.1, 0.15) is 5.52 Å². The van der Waals surface area contributed by atoms with Gasteiger partial charge in [-0.3, -0.25) is 9.97 Å². The largest absolute Gasteiger partial charge is 0.354 e. The molecule has 2 aromatic heterocycles. The lowest BCUT2D eigenvalue weighted by Crippen LogP contribution is -1.94. The van der Waals surface area contributed by atoms with E-state index in [-0.39, 0.29) is 0 Å². The van der Waals surface area contributed by atoms with Crippen LogP contribution in [0.2, 0.25) is 5.02 Å². The van der Waals surface area contributed by atoms with Crippen molar-refractivity contribution in [1.29, 1.82) is 0 Å². The minimum absolute atomic E-state index is 0.657. The number of benzene rings is 1. The van der Waals surface area contributed by atoms with Crippen LogP contribution in [-0.4, -0.2) is 9.97 Å². The van der Waals surface area contributed by atoms with Crippen molar-refractivity contribution in [2.75, 3.05) is 5.32 Å². The summed E-state index contributed by atoms with van der Waals surface area (Å²) in [4.78, 5) is 8.71. The number of hydrogen-bond acceptors (Lipinski definition) is 3. The molecule has 0 bridgehead atoms. The SMILES string of the molecule is Clc1cc(Nc2ccnc3cc(Br)cnc23)ccc1Br. The Morgan fingerprint density at radius 3 is 2.70 bits per heavy atom. The number of hydrogen-bond donors (Lipinski definition) is 1. The van der Waals surface area contributed by atoms with Crippen molar-refractivity contribution in [1.82, 2.24) is 9.97 Å². The first-order chi connectivity index (χ1) is 9.63.